The fourth-order valence-electron chi connectivity index (χ4n) is 2.02. The number of hydrogen-bond acceptors (Lipinski definition) is 4. The molecule has 20 heavy (non-hydrogen) atoms. The third-order valence-electron chi connectivity index (χ3n) is 3.13. The Bertz CT molecular complexity index is 347. The van der Waals surface area contributed by atoms with Crippen LogP contribution in [0.15, 0.2) is 24.3 Å². The number of rotatable bonds is 12. The van der Waals surface area contributed by atoms with Crippen LogP contribution < -0.4 is 10.1 Å². The number of thiol groups is 1. The third-order valence-corrected chi connectivity index (χ3v) is 3.35. The summed E-state index contributed by atoms with van der Waals surface area (Å²) in [7, 11) is 1.70. The van der Waals surface area contributed by atoms with E-state index in [0.29, 0.717) is 6.61 Å². The maximum absolute atomic E-state index is 5.70. The highest BCUT2D eigenvalue weighted by Gasteiger charge is 2.00. The van der Waals surface area contributed by atoms with Crippen molar-refractivity contribution in [3.05, 3.63) is 29.8 Å². The average Bonchev–Trinajstić information content (AvgIpc) is 2.49. The molecule has 1 N–H and O–H groups in total. The normalized spacial score (nSPS) is 10.7. The first-order valence-corrected chi connectivity index (χ1v) is 8.03. The van der Waals surface area contributed by atoms with Crippen molar-refractivity contribution >= 4 is 12.6 Å². The van der Waals surface area contributed by atoms with E-state index >= 15 is 0 Å². The van der Waals surface area contributed by atoms with Crippen LogP contribution in [0.25, 0.3) is 0 Å². The molecule has 0 aliphatic heterocycles. The van der Waals surface area contributed by atoms with Gasteiger partial charge in [0.1, 0.15) is 5.75 Å². The summed E-state index contributed by atoms with van der Waals surface area (Å²) in [6.07, 6.45) is 4.86. The fraction of sp³-hybridized carbons (Fsp3) is 0.625. The van der Waals surface area contributed by atoms with Gasteiger partial charge in [-0.15, -0.1) is 0 Å². The SMILES string of the molecule is COc1ccccc1COCCCCCCNCCS. The second kappa shape index (κ2) is 12.1. The van der Waals surface area contributed by atoms with Crippen molar-refractivity contribution < 1.29 is 9.47 Å². The lowest BCUT2D eigenvalue weighted by molar-refractivity contribution is 0.115. The van der Waals surface area contributed by atoms with Gasteiger partial charge in [0.25, 0.3) is 0 Å². The second-order valence-corrected chi connectivity index (χ2v) is 5.20. The maximum Gasteiger partial charge on any atom is 0.124 e. The summed E-state index contributed by atoms with van der Waals surface area (Å²) in [6.45, 7) is 3.56. The van der Waals surface area contributed by atoms with Crippen molar-refractivity contribution in [3.8, 4) is 5.75 Å². The van der Waals surface area contributed by atoms with Gasteiger partial charge in [0, 0.05) is 24.5 Å². The maximum atomic E-state index is 5.70. The molecule has 0 radical (unpaired) electrons. The molecule has 0 spiro atoms. The second-order valence-electron chi connectivity index (χ2n) is 4.75. The Morgan fingerprint density at radius 2 is 1.85 bits per heavy atom. The van der Waals surface area contributed by atoms with Gasteiger partial charge in [-0.05, 0) is 25.5 Å². The Kier molecular flexibility index (Phi) is 10.5. The molecule has 0 fully saturated rings. The zero-order valence-corrected chi connectivity index (χ0v) is 13.3. The summed E-state index contributed by atoms with van der Waals surface area (Å²) in [6, 6.07) is 8.01. The van der Waals surface area contributed by atoms with E-state index in [4.69, 9.17) is 9.47 Å². The summed E-state index contributed by atoms with van der Waals surface area (Å²) in [4.78, 5) is 0. The molecule has 1 aromatic carbocycles. The van der Waals surface area contributed by atoms with Crippen molar-refractivity contribution in [1.82, 2.24) is 5.32 Å². The molecule has 0 amide bonds. The molecule has 0 saturated carbocycles. The van der Waals surface area contributed by atoms with Crippen LogP contribution in [0.3, 0.4) is 0 Å². The molecule has 0 bridgehead atoms. The van der Waals surface area contributed by atoms with E-state index in [1.165, 1.54) is 19.3 Å². The molecule has 4 heteroatoms. The lowest BCUT2D eigenvalue weighted by Crippen LogP contribution is -2.17. The number of ether oxygens (including phenoxy) is 2. The Hall–Kier alpha value is -0.710. The van der Waals surface area contributed by atoms with Gasteiger partial charge >= 0.3 is 0 Å². The van der Waals surface area contributed by atoms with Crippen LogP contribution in [0.5, 0.6) is 5.75 Å². The van der Waals surface area contributed by atoms with Gasteiger partial charge in [-0.2, -0.15) is 12.6 Å². The van der Waals surface area contributed by atoms with Crippen molar-refractivity contribution in [2.45, 2.75) is 32.3 Å². The highest BCUT2D eigenvalue weighted by molar-refractivity contribution is 7.80. The zero-order chi connectivity index (χ0) is 14.5. The Labute approximate surface area is 128 Å². The molecule has 0 aliphatic carbocycles. The van der Waals surface area contributed by atoms with Gasteiger partial charge in [0.2, 0.25) is 0 Å². The number of para-hydroxylation sites is 1. The molecule has 0 atom stereocenters. The van der Waals surface area contributed by atoms with Gasteiger partial charge in [-0.3, -0.25) is 0 Å². The van der Waals surface area contributed by atoms with Crippen LogP contribution in [0.4, 0.5) is 0 Å². The molecule has 0 heterocycles. The Morgan fingerprint density at radius 1 is 1.05 bits per heavy atom. The summed E-state index contributed by atoms with van der Waals surface area (Å²) < 4.78 is 11.0. The fourth-order valence-corrected chi connectivity index (χ4v) is 2.17. The first-order chi connectivity index (χ1) is 9.88. The molecule has 0 unspecified atom stereocenters. The largest absolute Gasteiger partial charge is 0.496 e. The lowest BCUT2D eigenvalue weighted by Gasteiger charge is -2.09. The van der Waals surface area contributed by atoms with Crippen molar-refractivity contribution in [2.75, 3.05) is 32.6 Å². The van der Waals surface area contributed by atoms with E-state index in [9.17, 15) is 0 Å². The number of methoxy groups -OCH3 is 1. The van der Waals surface area contributed by atoms with Gasteiger partial charge in [-0.1, -0.05) is 31.0 Å². The number of benzene rings is 1. The third kappa shape index (κ3) is 7.78. The molecule has 0 saturated heterocycles. The minimum absolute atomic E-state index is 0.632. The predicted molar refractivity (Wildman–Crippen MR) is 87.8 cm³/mol. The van der Waals surface area contributed by atoms with E-state index in [-0.39, 0.29) is 0 Å². The molecule has 114 valence electrons. The monoisotopic (exact) mass is 297 g/mol. The van der Waals surface area contributed by atoms with E-state index in [2.05, 4.69) is 17.9 Å². The quantitative estimate of drug-likeness (QED) is 0.458. The average molecular weight is 297 g/mol. The van der Waals surface area contributed by atoms with Crippen LogP contribution >= 0.6 is 12.6 Å². The van der Waals surface area contributed by atoms with Gasteiger partial charge in [0.05, 0.1) is 13.7 Å². The highest BCUT2D eigenvalue weighted by atomic mass is 32.1. The van der Waals surface area contributed by atoms with Crippen LogP contribution in [-0.2, 0) is 11.3 Å². The number of unbranched alkanes of at least 4 members (excludes halogenated alkanes) is 3. The predicted octanol–water partition coefficient (Wildman–Crippen LogP) is 3.29. The molecule has 0 aliphatic rings. The number of nitrogens with one attached hydrogen (secondary N) is 1. The minimum atomic E-state index is 0.632. The van der Waals surface area contributed by atoms with E-state index in [1.807, 2.05) is 24.3 Å². The van der Waals surface area contributed by atoms with Crippen LogP contribution in [0.1, 0.15) is 31.2 Å². The molecule has 1 aromatic rings. The molecule has 0 aromatic heterocycles. The Balaban J connectivity index is 1.97. The topological polar surface area (TPSA) is 30.5 Å². The first-order valence-electron chi connectivity index (χ1n) is 7.39. The van der Waals surface area contributed by atoms with Gasteiger partial charge in [0.15, 0.2) is 0 Å². The minimum Gasteiger partial charge on any atom is -0.496 e. The van der Waals surface area contributed by atoms with Gasteiger partial charge in [-0.25, -0.2) is 0 Å². The van der Waals surface area contributed by atoms with Crippen LogP contribution in [0.2, 0.25) is 0 Å². The summed E-state index contributed by atoms with van der Waals surface area (Å²) >= 11 is 4.16. The van der Waals surface area contributed by atoms with Crippen LogP contribution in [0, 0.1) is 0 Å². The van der Waals surface area contributed by atoms with Crippen molar-refractivity contribution in [3.63, 3.8) is 0 Å². The van der Waals surface area contributed by atoms with E-state index in [0.717, 1.165) is 43.2 Å². The van der Waals surface area contributed by atoms with Crippen molar-refractivity contribution in [2.24, 2.45) is 0 Å². The number of hydrogen-bond donors (Lipinski definition) is 2. The first kappa shape index (κ1) is 17.3. The zero-order valence-electron chi connectivity index (χ0n) is 12.4. The standard InChI is InChI=1S/C16H27NO2S/c1-18-16-9-5-4-8-15(16)14-19-12-7-3-2-6-10-17-11-13-20/h4-5,8-9,17,20H,2-3,6-7,10-14H2,1H3. The smallest absolute Gasteiger partial charge is 0.124 e. The van der Waals surface area contributed by atoms with E-state index < -0.39 is 0 Å². The molecular weight excluding hydrogens is 270 g/mol. The molecule has 1 rings (SSSR count). The summed E-state index contributed by atoms with van der Waals surface area (Å²) in [5, 5.41) is 3.35. The van der Waals surface area contributed by atoms with E-state index in [1.54, 1.807) is 7.11 Å². The summed E-state index contributed by atoms with van der Waals surface area (Å²) in [5.41, 5.74) is 1.12. The highest BCUT2D eigenvalue weighted by Crippen LogP contribution is 2.18. The summed E-state index contributed by atoms with van der Waals surface area (Å²) in [5.74, 6) is 1.82. The van der Waals surface area contributed by atoms with Crippen molar-refractivity contribution in [1.29, 1.82) is 0 Å². The molecular formula is C16H27NO2S. The molecule has 3 nitrogen and oxygen atoms in total. The van der Waals surface area contributed by atoms with Gasteiger partial charge < -0.3 is 14.8 Å². The van der Waals surface area contributed by atoms with Crippen LogP contribution in [-0.4, -0.2) is 32.6 Å². The lowest BCUT2D eigenvalue weighted by atomic mass is 10.2. The Morgan fingerprint density at radius 3 is 2.65 bits per heavy atom.